The fourth-order valence-electron chi connectivity index (χ4n) is 4.34. The van der Waals surface area contributed by atoms with Crippen LogP contribution in [0.5, 0.6) is 0 Å². The first-order valence-corrected chi connectivity index (χ1v) is 12.3. The van der Waals surface area contributed by atoms with Gasteiger partial charge in [0.15, 0.2) is 0 Å². The molecule has 0 spiro atoms. The molecule has 0 saturated carbocycles. The third-order valence-corrected chi connectivity index (χ3v) is 6.64. The monoisotopic (exact) mass is 502 g/mol. The number of pyridine rings is 1. The van der Waals surface area contributed by atoms with Crippen molar-refractivity contribution < 1.29 is 19.1 Å². The van der Waals surface area contributed by atoms with Crippen molar-refractivity contribution in [3.8, 4) is 11.3 Å². The predicted octanol–water partition coefficient (Wildman–Crippen LogP) is 2.85. The fourth-order valence-corrected chi connectivity index (χ4v) is 4.54. The molecular formula is C24H31ClN6O4. The molecule has 4 rings (SSSR count). The van der Waals surface area contributed by atoms with E-state index in [2.05, 4.69) is 25.6 Å². The molecule has 2 aliphatic heterocycles. The summed E-state index contributed by atoms with van der Waals surface area (Å²) in [6, 6.07) is 1.70. The Morgan fingerprint density at radius 2 is 2.03 bits per heavy atom. The van der Waals surface area contributed by atoms with Crippen LogP contribution in [0.2, 0.25) is 5.02 Å². The van der Waals surface area contributed by atoms with Crippen molar-refractivity contribution >= 4 is 35.1 Å². The van der Waals surface area contributed by atoms with E-state index in [9.17, 15) is 9.59 Å². The molecular weight excluding hydrogens is 472 g/mol. The lowest BCUT2D eigenvalue weighted by molar-refractivity contribution is -0.138. The molecule has 4 heterocycles. The molecule has 2 saturated heterocycles. The Labute approximate surface area is 209 Å². The van der Waals surface area contributed by atoms with E-state index in [1.807, 2.05) is 0 Å². The summed E-state index contributed by atoms with van der Waals surface area (Å²) in [5, 5.41) is 6.64. The van der Waals surface area contributed by atoms with Gasteiger partial charge in [-0.25, -0.2) is 9.97 Å². The molecule has 35 heavy (non-hydrogen) atoms. The Bertz CT molecular complexity index is 1030. The van der Waals surface area contributed by atoms with Gasteiger partial charge in [0.2, 0.25) is 11.8 Å². The van der Waals surface area contributed by atoms with Crippen molar-refractivity contribution in [1.82, 2.24) is 19.9 Å². The van der Waals surface area contributed by atoms with E-state index >= 15 is 0 Å². The Kier molecular flexibility index (Phi) is 8.84. The molecule has 0 bridgehead atoms. The first-order valence-electron chi connectivity index (χ1n) is 11.9. The van der Waals surface area contributed by atoms with Gasteiger partial charge in [0.25, 0.3) is 0 Å². The highest BCUT2D eigenvalue weighted by atomic mass is 35.5. The average molecular weight is 503 g/mol. The number of carbonyl (C=O) groups excluding carboxylic acids is 2. The van der Waals surface area contributed by atoms with E-state index in [-0.39, 0.29) is 24.3 Å². The smallest absolute Gasteiger partial charge is 0.248 e. The van der Waals surface area contributed by atoms with Gasteiger partial charge in [-0.1, -0.05) is 11.6 Å². The SMILES string of the molecule is COCC(=O)N1CCC[C@H](C(=O)Nc2cc(-c3cncc(NCC4CCOCC4)n3)c(Cl)cn2)C1. The van der Waals surface area contributed by atoms with Crippen molar-refractivity contribution in [2.45, 2.75) is 25.7 Å². The summed E-state index contributed by atoms with van der Waals surface area (Å²) in [5.74, 6) is 0.969. The quantitative estimate of drug-likeness (QED) is 0.565. The first-order chi connectivity index (χ1) is 17.0. The number of aromatic nitrogens is 3. The summed E-state index contributed by atoms with van der Waals surface area (Å²) < 4.78 is 10.4. The first kappa shape index (κ1) is 25.3. The van der Waals surface area contributed by atoms with Crippen LogP contribution < -0.4 is 10.6 Å². The topological polar surface area (TPSA) is 119 Å². The van der Waals surface area contributed by atoms with Gasteiger partial charge in [-0.15, -0.1) is 0 Å². The highest BCUT2D eigenvalue weighted by Crippen LogP contribution is 2.29. The summed E-state index contributed by atoms with van der Waals surface area (Å²) in [6.45, 7) is 3.40. The number of carbonyl (C=O) groups is 2. The van der Waals surface area contributed by atoms with Gasteiger partial charge in [0.05, 0.1) is 29.0 Å². The summed E-state index contributed by atoms with van der Waals surface area (Å²) in [7, 11) is 1.48. The molecule has 2 N–H and O–H groups in total. The summed E-state index contributed by atoms with van der Waals surface area (Å²) in [5.41, 5.74) is 1.21. The lowest BCUT2D eigenvalue weighted by Crippen LogP contribution is -2.45. The van der Waals surface area contributed by atoms with E-state index in [1.54, 1.807) is 23.4 Å². The molecule has 0 radical (unpaired) electrons. The van der Waals surface area contributed by atoms with Crippen molar-refractivity contribution in [1.29, 1.82) is 0 Å². The number of nitrogens with one attached hydrogen (secondary N) is 2. The van der Waals surface area contributed by atoms with Crippen LogP contribution in [0, 0.1) is 11.8 Å². The second kappa shape index (κ2) is 12.2. The van der Waals surface area contributed by atoms with Crippen molar-refractivity contribution in [2.24, 2.45) is 11.8 Å². The van der Waals surface area contributed by atoms with Crippen molar-refractivity contribution in [2.75, 3.05) is 57.2 Å². The zero-order valence-corrected chi connectivity index (χ0v) is 20.6. The maximum absolute atomic E-state index is 12.9. The van der Waals surface area contributed by atoms with Crippen LogP contribution in [0.15, 0.2) is 24.7 Å². The normalized spacial score (nSPS) is 18.8. The molecule has 0 aromatic carbocycles. The van der Waals surface area contributed by atoms with Crippen molar-refractivity contribution in [3.63, 3.8) is 0 Å². The summed E-state index contributed by atoms with van der Waals surface area (Å²) in [6.07, 6.45) is 8.32. The Morgan fingerprint density at radius 3 is 2.83 bits per heavy atom. The van der Waals surface area contributed by atoms with Gasteiger partial charge in [0.1, 0.15) is 18.2 Å². The van der Waals surface area contributed by atoms with Gasteiger partial charge < -0.3 is 25.0 Å². The maximum Gasteiger partial charge on any atom is 0.248 e. The fraction of sp³-hybridized carbons (Fsp3) is 0.542. The number of halogens is 1. The number of likely N-dealkylation sites (tertiary alicyclic amines) is 1. The number of hydrogen-bond donors (Lipinski definition) is 2. The average Bonchev–Trinajstić information content (AvgIpc) is 2.89. The largest absolute Gasteiger partial charge is 0.381 e. The minimum absolute atomic E-state index is 0.0144. The molecule has 2 aliphatic rings. The molecule has 2 amide bonds. The highest BCUT2D eigenvalue weighted by Gasteiger charge is 2.28. The van der Waals surface area contributed by atoms with E-state index in [4.69, 9.17) is 21.1 Å². The van der Waals surface area contributed by atoms with E-state index in [1.165, 1.54) is 13.3 Å². The number of rotatable bonds is 8. The number of nitrogens with zero attached hydrogens (tertiary/aromatic N) is 4. The van der Waals surface area contributed by atoms with E-state index in [0.717, 1.165) is 39.0 Å². The zero-order chi connectivity index (χ0) is 24.6. The van der Waals surface area contributed by atoms with Gasteiger partial charge in [-0.3, -0.25) is 14.6 Å². The van der Waals surface area contributed by atoms with Crippen LogP contribution >= 0.6 is 11.6 Å². The third kappa shape index (κ3) is 6.87. The van der Waals surface area contributed by atoms with Gasteiger partial charge in [0, 0.05) is 51.7 Å². The standard InChI is InChI=1S/C24H31ClN6O4/c1-34-15-23(32)31-6-2-3-17(14-31)24(33)30-21-9-18(19(25)11-28-21)20-12-26-13-22(29-20)27-10-16-4-7-35-8-5-16/h9,11-13,16-17H,2-8,10,14-15H2,1H3,(H,27,29)(H,28,30,33)/t17-/m0/s1. The Hall–Kier alpha value is -2.82. The number of ether oxygens (including phenoxy) is 2. The van der Waals surface area contributed by atoms with Crippen LogP contribution in [-0.2, 0) is 19.1 Å². The molecule has 188 valence electrons. The van der Waals surface area contributed by atoms with E-state index in [0.29, 0.717) is 53.3 Å². The Balaban J connectivity index is 1.41. The Morgan fingerprint density at radius 1 is 1.20 bits per heavy atom. The predicted molar refractivity (Wildman–Crippen MR) is 132 cm³/mol. The number of hydrogen-bond acceptors (Lipinski definition) is 8. The van der Waals surface area contributed by atoms with Crippen LogP contribution in [0.3, 0.4) is 0 Å². The van der Waals surface area contributed by atoms with Gasteiger partial charge >= 0.3 is 0 Å². The maximum atomic E-state index is 12.9. The summed E-state index contributed by atoms with van der Waals surface area (Å²) in [4.78, 5) is 40.0. The highest BCUT2D eigenvalue weighted by molar-refractivity contribution is 6.33. The van der Waals surface area contributed by atoms with Crippen LogP contribution in [0.4, 0.5) is 11.6 Å². The van der Waals surface area contributed by atoms with Crippen molar-refractivity contribution in [3.05, 3.63) is 29.7 Å². The minimum Gasteiger partial charge on any atom is -0.381 e. The molecule has 11 heteroatoms. The molecule has 2 aromatic heterocycles. The number of amides is 2. The minimum atomic E-state index is -0.317. The number of piperidine rings is 1. The zero-order valence-electron chi connectivity index (χ0n) is 19.8. The van der Waals surface area contributed by atoms with Crippen LogP contribution in [0.25, 0.3) is 11.3 Å². The molecule has 10 nitrogen and oxygen atoms in total. The second-order valence-electron chi connectivity index (χ2n) is 8.88. The van der Waals surface area contributed by atoms with Gasteiger partial charge in [-0.2, -0.15) is 0 Å². The molecule has 0 aliphatic carbocycles. The van der Waals surface area contributed by atoms with Crippen LogP contribution in [-0.4, -0.2) is 78.2 Å². The number of anilines is 2. The lowest BCUT2D eigenvalue weighted by atomic mass is 9.97. The lowest BCUT2D eigenvalue weighted by Gasteiger charge is -2.31. The third-order valence-electron chi connectivity index (χ3n) is 6.34. The molecule has 1 atom stereocenters. The van der Waals surface area contributed by atoms with Gasteiger partial charge in [-0.05, 0) is 37.7 Å². The molecule has 2 aromatic rings. The second-order valence-corrected chi connectivity index (χ2v) is 9.28. The van der Waals surface area contributed by atoms with Crippen LogP contribution in [0.1, 0.15) is 25.7 Å². The summed E-state index contributed by atoms with van der Waals surface area (Å²) >= 11 is 6.42. The molecule has 0 unspecified atom stereocenters. The van der Waals surface area contributed by atoms with E-state index < -0.39 is 0 Å². The molecule has 2 fully saturated rings. The number of methoxy groups -OCH3 is 1.